The van der Waals surface area contributed by atoms with E-state index >= 15 is 0 Å². The molecule has 2 aromatic carbocycles. The predicted molar refractivity (Wildman–Crippen MR) is 112 cm³/mol. The Hall–Kier alpha value is -3.35. The summed E-state index contributed by atoms with van der Waals surface area (Å²) >= 11 is 0. The Balaban J connectivity index is 1.62. The lowest BCUT2D eigenvalue weighted by Gasteiger charge is -2.37. The highest BCUT2D eigenvalue weighted by atomic mass is 16.2. The van der Waals surface area contributed by atoms with Crippen LogP contribution in [-0.4, -0.2) is 54.8 Å². The number of ketones is 1. The molecule has 1 unspecified atom stereocenters. The number of hydrogen-bond donors (Lipinski definition) is 2. The number of rotatable bonds is 6. The summed E-state index contributed by atoms with van der Waals surface area (Å²) in [7, 11) is 0. The van der Waals surface area contributed by atoms with E-state index in [0.717, 1.165) is 11.3 Å². The van der Waals surface area contributed by atoms with Crippen LogP contribution in [-0.2, 0) is 11.2 Å². The van der Waals surface area contributed by atoms with E-state index in [-0.39, 0.29) is 11.7 Å². The third-order valence-electron chi connectivity index (χ3n) is 5.13. The van der Waals surface area contributed by atoms with E-state index < -0.39 is 12.1 Å². The van der Waals surface area contributed by atoms with Crippen LogP contribution in [0.4, 0.5) is 10.5 Å². The van der Waals surface area contributed by atoms with Crippen molar-refractivity contribution >= 4 is 23.4 Å². The molecule has 3 N–H and O–H groups in total. The molecule has 1 aliphatic rings. The highest BCUT2D eigenvalue weighted by Crippen LogP contribution is 2.18. The van der Waals surface area contributed by atoms with E-state index in [1.54, 1.807) is 11.8 Å². The number of hydrogen-bond acceptors (Lipinski definition) is 4. The Morgan fingerprint density at radius 2 is 1.59 bits per heavy atom. The molecule has 1 fully saturated rings. The second-order valence-electron chi connectivity index (χ2n) is 7.17. The molecule has 0 aromatic heterocycles. The van der Waals surface area contributed by atoms with Gasteiger partial charge in [-0.3, -0.25) is 9.59 Å². The lowest BCUT2D eigenvalue weighted by Crippen LogP contribution is -2.56. The summed E-state index contributed by atoms with van der Waals surface area (Å²) in [6.45, 7) is 4.02. The molecule has 0 saturated carbocycles. The lowest BCUT2D eigenvalue weighted by molar-refractivity contribution is -0.133. The zero-order chi connectivity index (χ0) is 20.8. The number of nitrogens with two attached hydrogens (primary N) is 1. The predicted octanol–water partition coefficient (Wildman–Crippen LogP) is 1.82. The number of nitrogens with one attached hydrogen (secondary N) is 1. The van der Waals surface area contributed by atoms with Crippen LogP contribution < -0.4 is 16.0 Å². The highest BCUT2D eigenvalue weighted by Gasteiger charge is 2.28. The van der Waals surface area contributed by atoms with Gasteiger partial charge in [0.15, 0.2) is 5.78 Å². The van der Waals surface area contributed by atoms with Crippen molar-refractivity contribution in [1.82, 2.24) is 10.2 Å². The van der Waals surface area contributed by atoms with Crippen molar-refractivity contribution in [3.63, 3.8) is 0 Å². The van der Waals surface area contributed by atoms with Crippen LogP contribution in [0.2, 0.25) is 0 Å². The van der Waals surface area contributed by atoms with Crippen molar-refractivity contribution in [3.05, 3.63) is 65.7 Å². The van der Waals surface area contributed by atoms with Crippen LogP contribution in [0.1, 0.15) is 22.8 Å². The van der Waals surface area contributed by atoms with Gasteiger partial charge in [-0.1, -0.05) is 30.3 Å². The van der Waals surface area contributed by atoms with E-state index in [1.165, 1.54) is 0 Å². The van der Waals surface area contributed by atoms with Crippen molar-refractivity contribution < 1.29 is 14.4 Å². The Morgan fingerprint density at radius 3 is 2.14 bits per heavy atom. The molecule has 29 heavy (non-hydrogen) atoms. The van der Waals surface area contributed by atoms with E-state index in [9.17, 15) is 14.4 Å². The Kier molecular flexibility index (Phi) is 6.49. The summed E-state index contributed by atoms with van der Waals surface area (Å²) in [5.74, 6) is -0.0856. The van der Waals surface area contributed by atoms with Crippen LogP contribution in [0, 0.1) is 0 Å². The minimum atomic E-state index is -0.705. The Bertz CT molecular complexity index is 859. The van der Waals surface area contributed by atoms with Crippen molar-refractivity contribution in [1.29, 1.82) is 0 Å². The molecule has 0 aliphatic carbocycles. The maximum Gasteiger partial charge on any atom is 0.312 e. The van der Waals surface area contributed by atoms with E-state index in [1.807, 2.05) is 54.6 Å². The molecule has 7 heteroatoms. The monoisotopic (exact) mass is 394 g/mol. The maximum absolute atomic E-state index is 13.0. The molecule has 0 bridgehead atoms. The molecule has 1 atom stereocenters. The van der Waals surface area contributed by atoms with Gasteiger partial charge in [0.25, 0.3) is 0 Å². The summed E-state index contributed by atoms with van der Waals surface area (Å²) in [6.07, 6.45) is 0.398. The molecular formula is C22H26N4O3. The Morgan fingerprint density at radius 1 is 0.966 bits per heavy atom. The third kappa shape index (κ3) is 5.34. The number of carbonyl (C=O) groups is 3. The fraction of sp³-hybridized carbons (Fsp3) is 0.318. The average molecular weight is 394 g/mol. The molecule has 2 aromatic rings. The van der Waals surface area contributed by atoms with Gasteiger partial charge in [-0.2, -0.15) is 0 Å². The lowest BCUT2D eigenvalue weighted by atomic mass is 10.0. The number of Topliss-reactive ketones (excluding diaryl/α,β-unsaturated/α-hetero) is 1. The smallest absolute Gasteiger partial charge is 0.312 e. The molecule has 152 valence electrons. The number of piperazine rings is 1. The van der Waals surface area contributed by atoms with Gasteiger partial charge in [0.2, 0.25) is 5.91 Å². The summed E-state index contributed by atoms with van der Waals surface area (Å²) < 4.78 is 0. The minimum Gasteiger partial charge on any atom is -0.368 e. The zero-order valence-electron chi connectivity index (χ0n) is 16.5. The second-order valence-corrected chi connectivity index (χ2v) is 7.17. The number of nitrogens with zero attached hydrogens (tertiary/aromatic N) is 2. The van der Waals surface area contributed by atoms with Gasteiger partial charge in [0.1, 0.15) is 6.04 Å². The van der Waals surface area contributed by atoms with Crippen LogP contribution in [0.15, 0.2) is 54.6 Å². The van der Waals surface area contributed by atoms with Gasteiger partial charge in [0, 0.05) is 43.9 Å². The van der Waals surface area contributed by atoms with Crippen molar-refractivity contribution in [3.8, 4) is 0 Å². The minimum absolute atomic E-state index is 0.0402. The van der Waals surface area contributed by atoms with Crippen LogP contribution in [0.3, 0.4) is 0 Å². The largest absolute Gasteiger partial charge is 0.368 e. The first-order chi connectivity index (χ1) is 13.9. The molecule has 3 amide bonds. The van der Waals surface area contributed by atoms with Crippen molar-refractivity contribution in [2.24, 2.45) is 5.73 Å². The fourth-order valence-corrected chi connectivity index (χ4v) is 3.53. The number of benzene rings is 2. The number of carbonyl (C=O) groups excluding carboxylic acids is 3. The zero-order valence-corrected chi connectivity index (χ0v) is 16.5. The molecule has 1 heterocycles. The number of amides is 3. The summed E-state index contributed by atoms with van der Waals surface area (Å²) in [5, 5.41) is 2.59. The normalized spacial score (nSPS) is 14.9. The van der Waals surface area contributed by atoms with Gasteiger partial charge in [-0.25, -0.2) is 4.79 Å². The van der Waals surface area contributed by atoms with E-state index in [4.69, 9.17) is 5.73 Å². The summed E-state index contributed by atoms with van der Waals surface area (Å²) in [6, 6.07) is 15.7. The van der Waals surface area contributed by atoms with Gasteiger partial charge < -0.3 is 20.9 Å². The summed E-state index contributed by atoms with van der Waals surface area (Å²) in [5.41, 5.74) is 7.96. The SMILES string of the molecule is CC(=O)c1ccc(N2CCN(C(=O)C(Cc3ccccc3)NC(N)=O)CC2)cc1. The number of primary amides is 1. The fourth-order valence-electron chi connectivity index (χ4n) is 3.53. The molecule has 0 spiro atoms. The van der Waals surface area contributed by atoms with E-state index in [0.29, 0.717) is 38.2 Å². The first-order valence-corrected chi connectivity index (χ1v) is 9.68. The first-order valence-electron chi connectivity index (χ1n) is 9.68. The number of urea groups is 1. The van der Waals surface area contributed by atoms with Crippen LogP contribution in [0.25, 0.3) is 0 Å². The second kappa shape index (κ2) is 9.23. The molecular weight excluding hydrogens is 368 g/mol. The molecule has 7 nitrogen and oxygen atoms in total. The highest BCUT2D eigenvalue weighted by molar-refractivity contribution is 5.94. The molecule has 1 saturated heterocycles. The molecule has 1 aliphatic heterocycles. The standard InChI is InChI=1S/C22H26N4O3/c1-16(27)18-7-9-19(10-8-18)25-11-13-26(14-12-25)21(28)20(24-22(23)29)15-17-5-3-2-4-6-17/h2-10,20H,11-15H2,1H3,(H3,23,24,29). The topological polar surface area (TPSA) is 95.7 Å². The summed E-state index contributed by atoms with van der Waals surface area (Å²) in [4.78, 5) is 39.8. The van der Waals surface area contributed by atoms with Crippen LogP contribution >= 0.6 is 0 Å². The molecule has 3 rings (SSSR count). The van der Waals surface area contributed by atoms with Crippen molar-refractivity contribution in [2.45, 2.75) is 19.4 Å². The van der Waals surface area contributed by atoms with Gasteiger partial charge >= 0.3 is 6.03 Å². The van der Waals surface area contributed by atoms with Gasteiger partial charge in [0.05, 0.1) is 0 Å². The van der Waals surface area contributed by atoms with E-state index in [2.05, 4.69) is 10.2 Å². The van der Waals surface area contributed by atoms with Crippen LogP contribution in [0.5, 0.6) is 0 Å². The third-order valence-corrected chi connectivity index (χ3v) is 5.13. The van der Waals surface area contributed by atoms with Crippen molar-refractivity contribution in [2.75, 3.05) is 31.1 Å². The van der Waals surface area contributed by atoms with Gasteiger partial charge in [-0.05, 0) is 36.8 Å². The first kappa shape index (κ1) is 20.4. The molecule has 0 radical (unpaired) electrons. The number of anilines is 1. The quantitative estimate of drug-likeness (QED) is 0.731. The average Bonchev–Trinajstić information content (AvgIpc) is 2.73. The maximum atomic E-state index is 13.0. The Labute approximate surface area is 170 Å². The van der Waals surface area contributed by atoms with Gasteiger partial charge in [-0.15, -0.1) is 0 Å².